The minimum atomic E-state index is -4.62. The van der Waals surface area contributed by atoms with E-state index in [9.17, 15) is 22.0 Å². The topological polar surface area (TPSA) is 79.5 Å². The normalized spacial score (nSPS) is 13.2. The predicted molar refractivity (Wildman–Crippen MR) is 119 cm³/mol. The molecule has 0 unspecified atom stereocenters. The SMILES string of the molecule is CCOc1ccc(-c2cc(CN3Cc4[nH]c(-c5cccc(F)c5F)nc4C=N3)on2)c(C(F)(F)F)c1. The fraction of sp³-hybridized carbons (Fsp3) is 0.208. The molecular weight excluding hydrogens is 485 g/mol. The van der Waals surface area contributed by atoms with Gasteiger partial charge in [-0.3, -0.25) is 5.01 Å². The number of hydrogen-bond acceptors (Lipinski definition) is 6. The molecule has 2 aromatic heterocycles. The van der Waals surface area contributed by atoms with Gasteiger partial charge in [0, 0.05) is 11.6 Å². The first-order chi connectivity index (χ1) is 17.2. The summed E-state index contributed by atoms with van der Waals surface area (Å²) in [6.45, 7) is 2.24. The van der Waals surface area contributed by atoms with Gasteiger partial charge in [-0.1, -0.05) is 11.2 Å². The Morgan fingerprint density at radius 3 is 2.72 bits per heavy atom. The van der Waals surface area contributed by atoms with Crippen molar-refractivity contribution >= 4 is 6.21 Å². The Balaban J connectivity index is 1.34. The van der Waals surface area contributed by atoms with Gasteiger partial charge in [0.1, 0.15) is 23.0 Å². The van der Waals surface area contributed by atoms with Crippen molar-refractivity contribution in [2.45, 2.75) is 26.2 Å². The molecule has 0 fully saturated rings. The van der Waals surface area contributed by atoms with Crippen molar-refractivity contribution in [2.24, 2.45) is 5.10 Å². The van der Waals surface area contributed by atoms with E-state index < -0.39 is 23.4 Å². The largest absolute Gasteiger partial charge is 0.494 e. The molecule has 4 aromatic rings. The summed E-state index contributed by atoms with van der Waals surface area (Å²) in [4.78, 5) is 7.24. The van der Waals surface area contributed by atoms with Gasteiger partial charge in [-0.05, 0) is 37.3 Å². The van der Waals surface area contributed by atoms with Gasteiger partial charge in [0.05, 0.1) is 42.7 Å². The molecule has 1 aliphatic heterocycles. The molecule has 1 N–H and O–H groups in total. The summed E-state index contributed by atoms with van der Waals surface area (Å²) >= 11 is 0. The van der Waals surface area contributed by atoms with Gasteiger partial charge in [0.25, 0.3) is 0 Å². The molecule has 2 aromatic carbocycles. The maximum absolute atomic E-state index is 14.1. The van der Waals surface area contributed by atoms with Crippen LogP contribution < -0.4 is 4.74 Å². The summed E-state index contributed by atoms with van der Waals surface area (Å²) in [6.07, 6.45) is -3.17. The average Bonchev–Trinajstić information content (AvgIpc) is 3.47. The zero-order valence-electron chi connectivity index (χ0n) is 18.7. The third-order valence-electron chi connectivity index (χ3n) is 5.48. The molecule has 3 heterocycles. The van der Waals surface area contributed by atoms with Crippen LogP contribution in [0.2, 0.25) is 0 Å². The fourth-order valence-electron chi connectivity index (χ4n) is 3.85. The summed E-state index contributed by atoms with van der Waals surface area (Å²) in [5, 5.41) is 9.64. The first-order valence-corrected chi connectivity index (χ1v) is 10.8. The summed E-state index contributed by atoms with van der Waals surface area (Å²) in [5.74, 6) is -1.46. The number of alkyl halides is 3. The number of ether oxygens (including phenoxy) is 1. The minimum absolute atomic E-state index is 0.0138. The first-order valence-electron chi connectivity index (χ1n) is 10.8. The summed E-state index contributed by atoms with van der Waals surface area (Å²) in [5.41, 5.74) is 0.0541. The number of rotatable bonds is 6. The Bertz CT molecular complexity index is 1440. The Kier molecular flexibility index (Phi) is 5.94. The van der Waals surface area contributed by atoms with Crippen LogP contribution in [0.25, 0.3) is 22.6 Å². The van der Waals surface area contributed by atoms with Crippen LogP contribution in [0, 0.1) is 11.6 Å². The Labute approximate surface area is 201 Å². The zero-order chi connectivity index (χ0) is 25.4. The number of imidazole rings is 1. The molecular formula is C24H18F5N5O2. The molecule has 0 saturated heterocycles. The second kappa shape index (κ2) is 9.10. The molecule has 5 rings (SSSR count). The van der Waals surface area contributed by atoms with Gasteiger partial charge in [-0.15, -0.1) is 0 Å². The smallest absolute Gasteiger partial charge is 0.417 e. The van der Waals surface area contributed by atoms with E-state index in [1.54, 1.807) is 11.9 Å². The lowest BCUT2D eigenvalue weighted by Gasteiger charge is -2.19. The molecule has 186 valence electrons. The quantitative estimate of drug-likeness (QED) is 0.338. The molecule has 1 aliphatic rings. The van der Waals surface area contributed by atoms with E-state index in [-0.39, 0.29) is 53.9 Å². The third kappa shape index (κ3) is 4.53. The molecule has 12 heteroatoms. The van der Waals surface area contributed by atoms with Gasteiger partial charge in [0.15, 0.2) is 17.4 Å². The minimum Gasteiger partial charge on any atom is -0.494 e. The number of H-pyrrole nitrogens is 1. The predicted octanol–water partition coefficient (Wildman–Crippen LogP) is 5.78. The number of fused-ring (bicyclic) bond motifs is 1. The van der Waals surface area contributed by atoms with E-state index in [0.717, 1.165) is 12.1 Å². The van der Waals surface area contributed by atoms with Crippen LogP contribution in [0.3, 0.4) is 0 Å². The van der Waals surface area contributed by atoms with Gasteiger partial charge >= 0.3 is 6.18 Å². The summed E-state index contributed by atoms with van der Waals surface area (Å²) in [7, 11) is 0. The number of aromatic amines is 1. The number of hydrazone groups is 1. The average molecular weight is 503 g/mol. The lowest BCUT2D eigenvalue weighted by molar-refractivity contribution is -0.137. The molecule has 0 amide bonds. The van der Waals surface area contributed by atoms with E-state index in [1.807, 2.05) is 0 Å². The van der Waals surface area contributed by atoms with Crippen molar-refractivity contribution in [2.75, 3.05) is 6.61 Å². The summed E-state index contributed by atoms with van der Waals surface area (Å²) < 4.78 is 79.2. The maximum Gasteiger partial charge on any atom is 0.417 e. The highest BCUT2D eigenvalue weighted by Crippen LogP contribution is 2.39. The number of halogens is 5. The number of benzene rings is 2. The number of nitrogens with one attached hydrogen (secondary N) is 1. The Morgan fingerprint density at radius 2 is 1.94 bits per heavy atom. The molecule has 0 saturated carbocycles. The van der Waals surface area contributed by atoms with Crippen molar-refractivity contribution in [1.82, 2.24) is 20.1 Å². The molecule has 0 bridgehead atoms. The molecule has 36 heavy (non-hydrogen) atoms. The first kappa shape index (κ1) is 23.5. The van der Waals surface area contributed by atoms with E-state index in [0.29, 0.717) is 11.4 Å². The van der Waals surface area contributed by atoms with E-state index in [4.69, 9.17) is 9.26 Å². The van der Waals surface area contributed by atoms with Crippen molar-refractivity contribution in [3.63, 3.8) is 0 Å². The van der Waals surface area contributed by atoms with Gasteiger partial charge in [0.2, 0.25) is 0 Å². The molecule has 0 aliphatic carbocycles. The second-order valence-electron chi connectivity index (χ2n) is 7.93. The van der Waals surface area contributed by atoms with E-state index in [2.05, 4.69) is 20.2 Å². The zero-order valence-corrected chi connectivity index (χ0v) is 18.7. The molecule has 0 atom stereocenters. The molecule has 7 nitrogen and oxygen atoms in total. The molecule has 0 radical (unpaired) electrons. The Hall–Kier alpha value is -4.22. The third-order valence-corrected chi connectivity index (χ3v) is 5.48. The van der Waals surface area contributed by atoms with Crippen LogP contribution in [0.4, 0.5) is 22.0 Å². The fourth-order valence-corrected chi connectivity index (χ4v) is 3.85. The van der Waals surface area contributed by atoms with Gasteiger partial charge in [-0.25, -0.2) is 13.8 Å². The van der Waals surface area contributed by atoms with Crippen molar-refractivity contribution < 1.29 is 31.2 Å². The summed E-state index contributed by atoms with van der Waals surface area (Å²) in [6, 6.07) is 8.88. The highest BCUT2D eigenvalue weighted by atomic mass is 19.4. The monoisotopic (exact) mass is 503 g/mol. The van der Waals surface area contributed by atoms with Crippen molar-refractivity contribution in [3.8, 4) is 28.4 Å². The van der Waals surface area contributed by atoms with Crippen LogP contribution in [0.15, 0.2) is 52.1 Å². The van der Waals surface area contributed by atoms with E-state index in [1.165, 1.54) is 36.5 Å². The number of nitrogens with zero attached hydrogens (tertiary/aromatic N) is 4. The standard InChI is InChI=1S/C24H18F5N5O2/c1-2-35-13-6-7-15(17(8-13)24(27,28)29)19-9-14(36-33-19)11-34-12-21-20(10-30-34)31-23(32-21)16-4-3-5-18(25)22(16)26/h3-10H,2,11-12H2,1H3,(H,31,32). The Morgan fingerprint density at radius 1 is 1.11 bits per heavy atom. The second-order valence-corrected chi connectivity index (χ2v) is 7.93. The van der Waals surface area contributed by atoms with Crippen LogP contribution >= 0.6 is 0 Å². The van der Waals surface area contributed by atoms with Gasteiger partial charge < -0.3 is 14.2 Å². The van der Waals surface area contributed by atoms with Crippen LogP contribution in [-0.4, -0.2) is 33.0 Å². The number of hydrogen-bond donors (Lipinski definition) is 1. The van der Waals surface area contributed by atoms with E-state index >= 15 is 0 Å². The van der Waals surface area contributed by atoms with Crippen LogP contribution in [0.1, 0.15) is 29.6 Å². The van der Waals surface area contributed by atoms with Crippen LogP contribution in [-0.2, 0) is 19.3 Å². The maximum atomic E-state index is 14.1. The molecule has 0 spiro atoms. The van der Waals surface area contributed by atoms with Crippen LogP contribution in [0.5, 0.6) is 5.75 Å². The highest BCUT2D eigenvalue weighted by Gasteiger charge is 2.35. The van der Waals surface area contributed by atoms with Gasteiger partial charge in [-0.2, -0.15) is 18.3 Å². The van der Waals surface area contributed by atoms with Crippen molar-refractivity contribution in [1.29, 1.82) is 0 Å². The van der Waals surface area contributed by atoms with Crippen molar-refractivity contribution in [3.05, 3.63) is 76.8 Å². The number of aromatic nitrogens is 3. The highest BCUT2D eigenvalue weighted by molar-refractivity contribution is 5.80. The lowest BCUT2D eigenvalue weighted by Crippen LogP contribution is -2.21. The lowest BCUT2D eigenvalue weighted by atomic mass is 10.0.